The summed E-state index contributed by atoms with van der Waals surface area (Å²) in [5.74, 6) is -0.0341. The molecule has 0 aliphatic heterocycles. The summed E-state index contributed by atoms with van der Waals surface area (Å²) < 4.78 is 0. The SMILES string of the molecule is O=C(CCC1CCCC1)NCC1(C(=O)O)CC1. The number of nitrogens with one attached hydrogen (secondary N) is 1. The first-order chi connectivity index (χ1) is 8.12. The molecule has 96 valence electrons. The molecule has 0 spiro atoms. The molecule has 0 aromatic heterocycles. The van der Waals surface area contributed by atoms with Gasteiger partial charge in [-0.3, -0.25) is 9.59 Å². The van der Waals surface area contributed by atoms with E-state index in [9.17, 15) is 9.59 Å². The minimum absolute atomic E-state index is 0.0180. The summed E-state index contributed by atoms with van der Waals surface area (Å²) in [6.45, 7) is 0.311. The number of hydrogen-bond acceptors (Lipinski definition) is 2. The third kappa shape index (κ3) is 3.20. The summed E-state index contributed by atoms with van der Waals surface area (Å²) in [6, 6.07) is 0. The Morgan fingerprint density at radius 1 is 1.24 bits per heavy atom. The first-order valence-electron chi connectivity index (χ1n) is 6.62. The molecule has 0 radical (unpaired) electrons. The molecule has 4 heteroatoms. The van der Waals surface area contributed by atoms with Crippen LogP contribution in [0.25, 0.3) is 0 Å². The van der Waals surface area contributed by atoms with Crippen LogP contribution in [0.2, 0.25) is 0 Å². The number of carboxylic acids is 1. The molecule has 2 saturated carbocycles. The van der Waals surface area contributed by atoms with Gasteiger partial charge in [-0.2, -0.15) is 0 Å². The van der Waals surface area contributed by atoms with E-state index in [0.29, 0.717) is 25.8 Å². The van der Waals surface area contributed by atoms with E-state index in [1.54, 1.807) is 0 Å². The Morgan fingerprint density at radius 2 is 1.88 bits per heavy atom. The summed E-state index contributed by atoms with van der Waals surface area (Å²) in [4.78, 5) is 22.5. The highest BCUT2D eigenvalue weighted by molar-refractivity contribution is 5.80. The fourth-order valence-corrected chi connectivity index (χ4v) is 2.61. The van der Waals surface area contributed by atoms with E-state index in [1.165, 1.54) is 25.7 Å². The molecular weight excluding hydrogens is 218 g/mol. The number of hydrogen-bond donors (Lipinski definition) is 2. The van der Waals surface area contributed by atoms with Gasteiger partial charge < -0.3 is 10.4 Å². The van der Waals surface area contributed by atoms with Crippen LogP contribution in [0.15, 0.2) is 0 Å². The van der Waals surface area contributed by atoms with Crippen LogP contribution >= 0.6 is 0 Å². The van der Waals surface area contributed by atoms with Gasteiger partial charge in [-0.05, 0) is 25.2 Å². The lowest BCUT2D eigenvalue weighted by Gasteiger charge is -2.12. The molecule has 1 amide bonds. The Labute approximate surface area is 102 Å². The van der Waals surface area contributed by atoms with Gasteiger partial charge >= 0.3 is 5.97 Å². The maximum absolute atomic E-state index is 11.6. The molecule has 0 aromatic carbocycles. The van der Waals surface area contributed by atoms with Crippen LogP contribution in [0, 0.1) is 11.3 Å². The van der Waals surface area contributed by atoms with Crippen molar-refractivity contribution in [2.75, 3.05) is 6.54 Å². The first-order valence-corrected chi connectivity index (χ1v) is 6.62. The largest absolute Gasteiger partial charge is 0.481 e. The Kier molecular flexibility index (Phi) is 3.69. The molecule has 4 nitrogen and oxygen atoms in total. The van der Waals surface area contributed by atoms with Crippen LogP contribution in [-0.4, -0.2) is 23.5 Å². The molecule has 17 heavy (non-hydrogen) atoms. The fourth-order valence-electron chi connectivity index (χ4n) is 2.61. The topological polar surface area (TPSA) is 66.4 Å². The van der Waals surface area contributed by atoms with Crippen molar-refractivity contribution in [1.29, 1.82) is 0 Å². The van der Waals surface area contributed by atoms with Crippen molar-refractivity contribution >= 4 is 11.9 Å². The van der Waals surface area contributed by atoms with Crippen LogP contribution < -0.4 is 5.32 Å². The molecule has 0 heterocycles. The van der Waals surface area contributed by atoms with Crippen LogP contribution in [0.3, 0.4) is 0 Å². The third-order valence-electron chi connectivity index (χ3n) is 4.19. The normalized spacial score (nSPS) is 22.4. The van der Waals surface area contributed by atoms with Crippen LogP contribution in [0.4, 0.5) is 0 Å². The van der Waals surface area contributed by atoms with E-state index >= 15 is 0 Å². The van der Waals surface area contributed by atoms with Gasteiger partial charge in [0.2, 0.25) is 5.91 Å². The van der Waals surface area contributed by atoms with E-state index in [0.717, 1.165) is 12.3 Å². The molecule has 2 aliphatic carbocycles. The van der Waals surface area contributed by atoms with E-state index in [4.69, 9.17) is 5.11 Å². The maximum Gasteiger partial charge on any atom is 0.311 e. The Hall–Kier alpha value is -1.06. The third-order valence-corrected chi connectivity index (χ3v) is 4.19. The minimum atomic E-state index is -0.770. The predicted molar refractivity (Wildman–Crippen MR) is 63.5 cm³/mol. The number of rotatable bonds is 6. The summed E-state index contributed by atoms with van der Waals surface area (Å²) in [5, 5.41) is 11.7. The number of carboxylic acid groups (broad SMARTS) is 1. The smallest absolute Gasteiger partial charge is 0.311 e. The molecule has 0 atom stereocenters. The minimum Gasteiger partial charge on any atom is -0.481 e. The lowest BCUT2D eigenvalue weighted by atomic mass is 10.0. The summed E-state index contributed by atoms with van der Waals surface area (Å²) in [7, 11) is 0. The van der Waals surface area contributed by atoms with E-state index in [2.05, 4.69) is 5.32 Å². The number of amides is 1. The lowest BCUT2D eigenvalue weighted by molar-refractivity contribution is -0.143. The molecule has 0 bridgehead atoms. The zero-order chi connectivity index (χ0) is 12.3. The average Bonchev–Trinajstić information content (AvgIpc) is 2.93. The van der Waals surface area contributed by atoms with Gasteiger partial charge in [-0.25, -0.2) is 0 Å². The number of carbonyl (C=O) groups excluding carboxylic acids is 1. The van der Waals surface area contributed by atoms with Gasteiger partial charge in [0, 0.05) is 13.0 Å². The van der Waals surface area contributed by atoms with Crippen molar-refractivity contribution < 1.29 is 14.7 Å². The van der Waals surface area contributed by atoms with Crippen molar-refractivity contribution in [3.63, 3.8) is 0 Å². The summed E-state index contributed by atoms with van der Waals surface area (Å²) >= 11 is 0. The Balaban J connectivity index is 1.62. The standard InChI is InChI=1S/C13H21NO3/c15-11(6-5-10-3-1-2-4-10)14-9-13(7-8-13)12(16)17/h10H,1-9H2,(H,14,15)(H,16,17). The summed E-state index contributed by atoms with van der Waals surface area (Å²) in [6.07, 6.45) is 8.03. The molecule has 0 unspecified atom stereocenters. The predicted octanol–water partition coefficient (Wildman–Crippen LogP) is 1.94. The van der Waals surface area contributed by atoms with Crippen molar-refractivity contribution in [3.05, 3.63) is 0 Å². The van der Waals surface area contributed by atoms with Crippen LogP contribution in [0.5, 0.6) is 0 Å². The maximum atomic E-state index is 11.6. The Bertz CT molecular complexity index is 304. The highest BCUT2D eigenvalue weighted by atomic mass is 16.4. The summed E-state index contributed by atoms with van der Waals surface area (Å²) in [5.41, 5.74) is -0.636. The average molecular weight is 239 g/mol. The molecule has 2 rings (SSSR count). The zero-order valence-corrected chi connectivity index (χ0v) is 10.2. The highest BCUT2D eigenvalue weighted by Crippen LogP contribution is 2.45. The molecule has 2 aliphatic rings. The van der Waals surface area contributed by atoms with E-state index in [-0.39, 0.29) is 5.91 Å². The molecule has 2 fully saturated rings. The van der Waals surface area contributed by atoms with Crippen molar-refractivity contribution in [2.45, 2.75) is 51.4 Å². The van der Waals surface area contributed by atoms with E-state index < -0.39 is 11.4 Å². The van der Waals surface area contributed by atoms with Crippen molar-refractivity contribution in [1.82, 2.24) is 5.32 Å². The Morgan fingerprint density at radius 3 is 2.41 bits per heavy atom. The second-order valence-electron chi connectivity index (χ2n) is 5.55. The first kappa shape index (κ1) is 12.4. The van der Waals surface area contributed by atoms with Gasteiger partial charge in [0.1, 0.15) is 0 Å². The molecule has 0 aromatic rings. The highest BCUT2D eigenvalue weighted by Gasteiger charge is 2.50. The van der Waals surface area contributed by atoms with Gasteiger partial charge in [0.05, 0.1) is 5.41 Å². The van der Waals surface area contributed by atoms with Gasteiger partial charge in [-0.15, -0.1) is 0 Å². The van der Waals surface area contributed by atoms with Gasteiger partial charge in [0.15, 0.2) is 0 Å². The fraction of sp³-hybridized carbons (Fsp3) is 0.846. The lowest BCUT2D eigenvalue weighted by Crippen LogP contribution is -2.34. The molecular formula is C13H21NO3. The van der Waals surface area contributed by atoms with Crippen molar-refractivity contribution in [3.8, 4) is 0 Å². The molecule has 0 saturated heterocycles. The van der Waals surface area contributed by atoms with E-state index in [1.807, 2.05) is 0 Å². The van der Waals surface area contributed by atoms with Crippen LogP contribution in [0.1, 0.15) is 51.4 Å². The van der Waals surface area contributed by atoms with Crippen molar-refractivity contribution in [2.24, 2.45) is 11.3 Å². The van der Waals surface area contributed by atoms with Crippen LogP contribution in [-0.2, 0) is 9.59 Å². The molecule has 2 N–H and O–H groups in total. The second kappa shape index (κ2) is 5.07. The monoisotopic (exact) mass is 239 g/mol. The second-order valence-corrected chi connectivity index (χ2v) is 5.55. The quantitative estimate of drug-likeness (QED) is 0.744. The number of carbonyl (C=O) groups is 2. The van der Waals surface area contributed by atoms with Gasteiger partial charge in [0.25, 0.3) is 0 Å². The zero-order valence-electron chi connectivity index (χ0n) is 10.2. The number of aliphatic carboxylic acids is 1. The van der Waals surface area contributed by atoms with Gasteiger partial charge in [-0.1, -0.05) is 25.7 Å².